The summed E-state index contributed by atoms with van der Waals surface area (Å²) in [6.45, 7) is 4.33. The highest BCUT2D eigenvalue weighted by atomic mass is 16.2. The third-order valence-electron chi connectivity index (χ3n) is 5.33. The third kappa shape index (κ3) is 3.13. The van der Waals surface area contributed by atoms with Crippen LogP contribution in [0.25, 0.3) is 10.9 Å². The predicted molar refractivity (Wildman–Crippen MR) is 100 cm³/mol. The second kappa shape index (κ2) is 6.64. The number of hydrogen-bond acceptors (Lipinski definition) is 4. The van der Waals surface area contributed by atoms with Crippen molar-refractivity contribution in [2.45, 2.75) is 38.8 Å². The van der Waals surface area contributed by atoms with E-state index in [1.807, 2.05) is 25.1 Å². The number of pyridine rings is 1. The van der Waals surface area contributed by atoms with Gasteiger partial charge in [0, 0.05) is 23.7 Å². The molecule has 3 amide bonds. The van der Waals surface area contributed by atoms with Gasteiger partial charge in [-0.2, -0.15) is 0 Å². The van der Waals surface area contributed by atoms with Crippen LogP contribution in [0, 0.1) is 6.92 Å². The van der Waals surface area contributed by atoms with E-state index in [9.17, 15) is 14.4 Å². The fourth-order valence-electron chi connectivity index (χ4n) is 3.92. The average molecular weight is 366 g/mol. The Morgan fingerprint density at radius 2 is 2.15 bits per heavy atom. The molecule has 2 fully saturated rings. The molecule has 1 aromatic heterocycles. The Labute approximate surface area is 157 Å². The van der Waals surface area contributed by atoms with Crippen LogP contribution in [-0.4, -0.2) is 52.8 Å². The maximum Gasteiger partial charge on any atom is 0.252 e. The first-order chi connectivity index (χ1) is 13.0. The molecule has 0 unspecified atom stereocenters. The zero-order valence-electron chi connectivity index (χ0n) is 15.4. The summed E-state index contributed by atoms with van der Waals surface area (Å²) in [4.78, 5) is 43.1. The molecule has 2 N–H and O–H groups in total. The van der Waals surface area contributed by atoms with Crippen molar-refractivity contribution >= 4 is 28.6 Å². The summed E-state index contributed by atoms with van der Waals surface area (Å²) in [7, 11) is 0. The van der Waals surface area contributed by atoms with Gasteiger partial charge in [-0.3, -0.25) is 19.4 Å². The van der Waals surface area contributed by atoms with Crippen molar-refractivity contribution in [1.82, 2.24) is 20.5 Å². The fraction of sp³-hybridized carbons (Fsp3) is 0.400. The maximum absolute atomic E-state index is 13.0. The molecule has 0 bridgehead atoms. The first kappa shape index (κ1) is 17.5. The lowest BCUT2D eigenvalue weighted by molar-refractivity contribution is -0.143. The minimum absolute atomic E-state index is 0.0317. The van der Waals surface area contributed by atoms with Crippen molar-refractivity contribution in [2.24, 2.45) is 0 Å². The Kier molecular flexibility index (Phi) is 4.30. The fourth-order valence-corrected chi connectivity index (χ4v) is 3.92. The van der Waals surface area contributed by atoms with E-state index < -0.39 is 6.04 Å². The Balaban J connectivity index is 1.60. The third-order valence-corrected chi connectivity index (χ3v) is 5.33. The van der Waals surface area contributed by atoms with Crippen LogP contribution in [0.1, 0.15) is 35.0 Å². The predicted octanol–water partition coefficient (Wildman–Crippen LogP) is 0.935. The minimum atomic E-state index is -0.487. The second-order valence-corrected chi connectivity index (χ2v) is 7.20. The zero-order valence-corrected chi connectivity index (χ0v) is 15.4. The highest BCUT2D eigenvalue weighted by Gasteiger charge is 2.42. The number of fused-ring (bicyclic) bond motifs is 2. The quantitative estimate of drug-likeness (QED) is 0.846. The van der Waals surface area contributed by atoms with E-state index in [4.69, 9.17) is 0 Å². The largest absolute Gasteiger partial charge is 0.347 e. The van der Waals surface area contributed by atoms with Crippen molar-refractivity contribution in [1.29, 1.82) is 0 Å². The number of piperazine rings is 1. The Morgan fingerprint density at radius 1 is 1.33 bits per heavy atom. The van der Waals surface area contributed by atoms with Gasteiger partial charge in [0.2, 0.25) is 11.8 Å². The highest BCUT2D eigenvalue weighted by molar-refractivity contribution is 6.06. The lowest BCUT2D eigenvalue weighted by atomic mass is 10.0. The molecule has 0 aliphatic carbocycles. The van der Waals surface area contributed by atoms with Crippen LogP contribution in [0.2, 0.25) is 0 Å². The molecule has 2 aliphatic heterocycles. The number of rotatable bonds is 3. The van der Waals surface area contributed by atoms with Gasteiger partial charge in [-0.05, 0) is 43.5 Å². The molecular weight excluding hydrogens is 344 g/mol. The van der Waals surface area contributed by atoms with E-state index in [0.717, 1.165) is 28.6 Å². The zero-order chi connectivity index (χ0) is 19.1. The van der Waals surface area contributed by atoms with Gasteiger partial charge in [-0.1, -0.05) is 13.0 Å². The minimum Gasteiger partial charge on any atom is -0.347 e. The molecule has 0 radical (unpaired) electrons. The van der Waals surface area contributed by atoms with Gasteiger partial charge < -0.3 is 15.5 Å². The molecule has 2 atom stereocenters. The van der Waals surface area contributed by atoms with Gasteiger partial charge >= 0.3 is 0 Å². The van der Waals surface area contributed by atoms with Crippen LogP contribution < -0.4 is 10.6 Å². The monoisotopic (exact) mass is 366 g/mol. The number of nitrogens with one attached hydrogen (secondary N) is 2. The SMILES string of the molecule is CCc1ccc2nc(C)cc(C(=O)N[C@@H]3C[C@H]4C(=O)NCC(=O)N4C3)c2c1. The van der Waals surface area contributed by atoms with Crippen molar-refractivity contribution in [3.8, 4) is 0 Å². The summed E-state index contributed by atoms with van der Waals surface area (Å²) < 4.78 is 0. The smallest absolute Gasteiger partial charge is 0.252 e. The number of carbonyl (C=O) groups excluding carboxylic acids is 3. The molecule has 2 aromatic rings. The summed E-state index contributed by atoms with van der Waals surface area (Å²) in [5.74, 6) is -0.449. The number of benzene rings is 1. The second-order valence-electron chi connectivity index (χ2n) is 7.20. The molecule has 4 rings (SSSR count). The molecular formula is C20H22N4O3. The van der Waals surface area contributed by atoms with E-state index in [1.54, 1.807) is 11.0 Å². The summed E-state index contributed by atoms with van der Waals surface area (Å²) in [5, 5.41) is 6.43. The number of amides is 3. The lowest BCUT2D eigenvalue weighted by Gasteiger charge is -2.28. The molecule has 7 heteroatoms. The Hall–Kier alpha value is -2.96. The Morgan fingerprint density at radius 3 is 2.89 bits per heavy atom. The number of nitrogens with zero attached hydrogens (tertiary/aromatic N) is 2. The van der Waals surface area contributed by atoms with E-state index in [0.29, 0.717) is 18.5 Å². The standard InChI is InChI=1S/C20H22N4O3/c1-3-12-4-5-16-14(7-12)15(6-11(2)22-16)19(26)23-13-8-17-20(27)21-9-18(25)24(17)10-13/h4-7,13,17H,3,8-10H2,1-2H3,(H,21,27)(H,23,26)/t13-,17+/m1/s1. The van der Waals surface area contributed by atoms with Crippen molar-refractivity contribution in [3.05, 3.63) is 41.1 Å². The molecule has 0 saturated carbocycles. The summed E-state index contributed by atoms with van der Waals surface area (Å²) in [6.07, 6.45) is 1.31. The first-order valence-corrected chi connectivity index (χ1v) is 9.24. The van der Waals surface area contributed by atoms with E-state index in [2.05, 4.69) is 22.5 Å². The number of carbonyl (C=O) groups is 3. The van der Waals surface area contributed by atoms with Gasteiger partial charge in [0.1, 0.15) is 6.04 Å². The molecule has 2 aliphatic rings. The first-order valence-electron chi connectivity index (χ1n) is 9.24. The van der Waals surface area contributed by atoms with Crippen molar-refractivity contribution in [2.75, 3.05) is 13.1 Å². The summed E-state index contributed by atoms with van der Waals surface area (Å²) in [5.41, 5.74) is 3.28. The van der Waals surface area contributed by atoms with Crippen LogP contribution in [0.5, 0.6) is 0 Å². The normalized spacial score (nSPS) is 21.9. The molecule has 140 valence electrons. The van der Waals surface area contributed by atoms with E-state index in [1.165, 1.54) is 0 Å². The summed E-state index contributed by atoms with van der Waals surface area (Å²) >= 11 is 0. The van der Waals surface area contributed by atoms with E-state index in [-0.39, 0.29) is 30.3 Å². The molecule has 0 spiro atoms. The van der Waals surface area contributed by atoms with Crippen molar-refractivity contribution < 1.29 is 14.4 Å². The Bertz CT molecular complexity index is 932. The topological polar surface area (TPSA) is 91.4 Å². The maximum atomic E-state index is 13.0. The molecule has 2 saturated heterocycles. The van der Waals surface area contributed by atoms with Gasteiger partial charge in [0.25, 0.3) is 5.91 Å². The number of hydrogen-bond donors (Lipinski definition) is 2. The van der Waals surface area contributed by atoms with Crippen LogP contribution in [0.3, 0.4) is 0 Å². The van der Waals surface area contributed by atoms with Crippen LogP contribution in [0.15, 0.2) is 24.3 Å². The lowest BCUT2D eigenvalue weighted by Crippen LogP contribution is -2.55. The summed E-state index contributed by atoms with van der Waals surface area (Å²) in [6, 6.07) is 7.03. The van der Waals surface area contributed by atoms with Crippen LogP contribution in [-0.2, 0) is 16.0 Å². The molecule has 7 nitrogen and oxygen atoms in total. The van der Waals surface area contributed by atoms with Gasteiger partial charge in [-0.25, -0.2) is 0 Å². The van der Waals surface area contributed by atoms with Crippen molar-refractivity contribution in [3.63, 3.8) is 0 Å². The molecule has 27 heavy (non-hydrogen) atoms. The van der Waals surface area contributed by atoms with E-state index >= 15 is 0 Å². The molecule has 3 heterocycles. The highest BCUT2D eigenvalue weighted by Crippen LogP contribution is 2.23. The van der Waals surface area contributed by atoms with Gasteiger partial charge in [-0.15, -0.1) is 0 Å². The molecule has 1 aromatic carbocycles. The van der Waals surface area contributed by atoms with Crippen LogP contribution >= 0.6 is 0 Å². The average Bonchev–Trinajstić information content (AvgIpc) is 3.08. The van der Waals surface area contributed by atoms with Gasteiger partial charge in [0.05, 0.1) is 17.6 Å². The van der Waals surface area contributed by atoms with Crippen LogP contribution in [0.4, 0.5) is 0 Å². The number of aromatic nitrogens is 1. The number of aryl methyl sites for hydroxylation is 2. The van der Waals surface area contributed by atoms with Gasteiger partial charge in [0.15, 0.2) is 0 Å².